The molecule has 1 unspecified atom stereocenters. The van der Waals surface area contributed by atoms with Crippen LogP contribution in [0.4, 0.5) is 0 Å². The van der Waals surface area contributed by atoms with E-state index in [0.717, 1.165) is 22.4 Å². The van der Waals surface area contributed by atoms with E-state index in [-0.39, 0.29) is 11.9 Å². The number of aromatic carboxylic acids is 1. The Labute approximate surface area is 134 Å². The number of carboxylic acids is 1. The van der Waals surface area contributed by atoms with Gasteiger partial charge in [-0.05, 0) is 28.8 Å². The summed E-state index contributed by atoms with van der Waals surface area (Å²) in [6, 6.07) is 14.7. The van der Waals surface area contributed by atoms with Crippen molar-refractivity contribution in [1.29, 1.82) is 0 Å². The summed E-state index contributed by atoms with van der Waals surface area (Å²) >= 11 is 1.71. The Hall–Kier alpha value is -1.82. The molecule has 4 nitrogen and oxygen atoms in total. The Balaban J connectivity index is 2.02. The molecule has 5 heteroatoms. The lowest BCUT2D eigenvalue weighted by atomic mass is 10.1. The average molecular weight is 317 g/mol. The van der Waals surface area contributed by atoms with Crippen LogP contribution in [0.25, 0.3) is 0 Å². The second-order valence-electron chi connectivity index (χ2n) is 4.94. The van der Waals surface area contributed by atoms with Crippen LogP contribution in [0.15, 0.2) is 48.5 Å². The molecule has 2 aromatic rings. The predicted molar refractivity (Wildman–Crippen MR) is 88.9 cm³/mol. The highest BCUT2D eigenvalue weighted by atomic mass is 32.2. The smallest absolute Gasteiger partial charge is 0.335 e. The Bertz CT molecular complexity index is 628. The van der Waals surface area contributed by atoms with Crippen molar-refractivity contribution in [2.45, 2.75) is 17.6 Å². The van der Waals surface area contributed by atoms with Crippen LogP contribution < -0.4 is 5.73 Å². The topological polar surface area (TPSA) is 83.6 Å². The molecule has 2 rings (SSSR count). The number of aliphatic hydroxyl groups excluding tert-OH is 1. The largest absolute Gasteiger partial charge is 0.478 e. The van der Waals surface area contributed by atoms with Crippen molar-refractivity contribution in [2.24, 2.45) is 5.73 Å². The molecule has 0 saturated carbocycles. The predicted octanol–water partition coefficient (Wildman–Crippen LogP) is 2.81. The third-order valence-corrected chi connectivity index (χ3v) is 4.74. The van der Waals surface area contributed by atoms with Crippen LogP contribution in [0.2, 0.25) is 0 Å². The highest BCUT2D eigenvalue weighted by Crippen LogP contribution is 2.31. The van der Waals surface area contributed by atoms with Crippen LogP contribution >= 0.6 is 11.8 Å². The standard InChI is InChI=1S/C17H19NO3S/c18-9-16(15-3-1-2-13(8-15)10-19)22-11-12-4-6-14(7-5-12)17(20)21/h1-8,16,19H,9-11,18H2,(H,20,21). The molecule has 4 N–H and O–H groups in total. The second-order valence-corrected chi connectivity index (χ2v) is 6.13. The van der Waals surface area contributed by atoms with Gasteiger partial charge in [-0.1, -0.05) is 36.4 Å². The maximum Gasteiger partial charge on any atom is 0.335 e. The summed E-state index contributed by atoms with van der Waals surface area (Å²) in [5.74, 6) is -0.162. The van der Waals surface area contributed by atoms with E-state index < -0.39 is 5.97 Å². The molecular weight excluding hydrogens is 298 g/mol. The van der Waals surface area contributed by atoms with E-state index in [1.807, 2.05) is 36.4 Å². The molecule has 0 aliphatic heterocycles. The van der Waals surface area contributed by atoms with Crippen molar-refractivity contribution in [3.05, 3.63) is 70.8 Å². The molecule has 2 aromatic carbocycles. The van der Waals surface area contributed by atoms with Gasteiger partial charge in [0.05, 0.1) is 12.2 Å². The normalized spacial score (nSPS) is 12.1. The third-order valence-electron chi connectivity index (χ3n) is 3.37. The van der Waals surface area contributed by atoms with Gasteiger partial charge in [0.2, 0.25) is 0 Å². The molecular formula is C17H19NO3S. The summed E-state index contributed by atoms with van der Waals surface area (Å²) in [6.07, 6.45) is 0. The Morgan fingerprint density at radius 1 is 1.14 bits per heavy atom. The van der Waals surface area contributed by atoms with E-state index in [4.69, 9.17) is 10.8 Å². The van der Waals surface area contributed by atoms with Gasteiger partial charge >= 0.3 is 5.97 Å². The van der Waals surface area contributed by atoms with Gasteiger partial charge in [-0.3, -0.25) is 0 Å². The molecule has 116 valence electrons. The van der Waals surface area contributed by atoms with E-state index in [0.29, 0.717) is 12.1 Å². The summed E-state index contributed by atoms with van der Waals surface area (Å²) in [5, 5.41) is 18.2. The van der Waals surface area contributed by atoms with Crippen LogP contribution in [0.1, 0.15) is 32.3 Å². The molecule has 0 amide bonds. The molecule has 0 aromatic heterocycles. The van der Waals surface area contributed by atoms with Crippen molar-refractivity contribution in [1.82, 2.24) is 0 Å². The van der Waals surface area contributed by atoms with Gasteiger partial charge in [-0.15, -0.1) is 11.8 Å². The third kappa shape index (κ3) is 4.34. The molecule has 0 aliphatic rings. The van der Waals surface area contributed by atoms with Crippen LogP contribution in [-0.4, -0.2) is 22.7 Å². The minimum absolute atomic E-state index is 0.0203. The van der Waals surface area contributed by atoms with Gasteiger partial charge in [0.1, 0.15) is 0 Å². The number of hydrogen-bond acceptors (Lipinski definition) is 4. The number of hydrogen-bond donors (Lipinski definition) is 3. The molecule has 0 aliphatic carbocycles. The highest BCUT2D eigenvalue weighted by molar-refractivity contribution is 7.98. The first-order valence-corrected chi connectivity index (χ1v) is 8.02. The van der Waals surface area contributed by atoms with E-state index in [9.17, 15) is 9.90 Å². The van der Waals surface area contributed by atoms with Gasteiger partial charge in [0.15, 0.2) is 0 Å². The van der Waals surface area contributed by atoms with Crippen molar-refractivity contribution >= 4 is 17.7 Å². The number of nitrogens with two attached hydrogens (primary N) is 1. The van der Waals surface area contributed by atoms with Crippen LogP contribution in [-0.2, 0) is 12.4 Å². The van der Waals surface area contributed by atoms with Crippen molar-refractivity contribution < 1.29 is 15.0 Å². The first kappa shape index (κ1) is 16.5. The molecule has 22 heavy (non-hydrogen) atoms. The highest BCUT2D eigenvalue weighted by Gasteiger charge is 2.11. The van der Waals surface area contributed by atoms with E-state index in [1.165, 1.54) is 0 Å². The van der Waals surface area contributed by atoms with Crippen LogP contribution in [0.3, 0.4) is 0 Å². The quantitative estimate of drug-likeness (QED) is 0.731. The number of thioether (sulfide) groups is 1. The molecule has 0 fully saturated rings. The fourth-order valence-corrected chi connectivity index (χ4v) is 3.19. The van der Waals surface area contributed by atoms with E-state index in [1.54, 1.807) is 23.9 Å². The zero-order chi connectivity index (χ0) is 15.9. The first-order chi connectivity index (χ1) is 10.6. The summed E-state index contributed by atoms with van der Waals surface area (Å²) in [4.78, 5) is 10.8. The fourth-order valence-electron chi connectivity index (χ4n) is 2.13. The molecule has 0 spiro atoms. The molecule has 0 radical (unpaired) electrons. The Morgan fingerprint density at radius 2 is 1.86 bits per heavy atom. The maximum atomic E-state index is 10.8. The molecule has 1 atom stereocenters. The minimum Gasteiger partial charge on any atom is -0.478 e. The maximum absolute atomic E-state index is 10.8. The van der Waals surface area contributed by atoms with E-state index >= 15 is 0 Å². The SMILES string of the molecule is NCC(SCc1ccc(C(=O)O)cc1)c1cccc(CO)c1. The van der Waals surface area contributed by atoms with Crippen LogP contribution in [0, 0.1) is 0 Å². The van der Waals surface area contributed by atoms with Crippen molar-refractivity contribution in [3.63, 3.8) is 0 Å². The minimum atomic E-state index is -0.917. The van der Waals surface area contributed by atoms with Gasteiger partial charge in [-0.25, -0.2) is 4.79 Å². The number of aliphatic hydroxyl groups is 1. The monoisotopic (exact) mass is 317 g/mol. The van der Waals surface area contributed by atoms with Gasteiger partial charge in [0, 0.05) is 17.5 Å². The lowest BCUT2D eigenvalue weighted by Gasteiger charge is -2.16. The number of carboxylic acid groups (broad SMARTS) is 1. The second kappa shape index (κ2) is 7.98. The lowest BCUT2D eigenvalue weighted by Crippen LogP contribution is -2.10. The Morgan fingerprint density at radius 3 is 2.45 bits per heavy atom. The van der Waals surface area contributed by atoms with Gasteiger partial charge in [-0.2, -0.15) is 0 Å². The molecule has 0 bridgehead atoms. The zero-order valence-electron chi connectivity index (χ0n) is 12.1. The molecule has 0 saturated heterocycles. The number of rotatable bonds is 7. The fraction of sp³-hybridized carbons (Fsp3) is 0.235. The summed E-state index contributed by atoms with van der Waals surface area (Å²) in [5.41, 5.74) is 9.19. The van der Waals surface area contributed by atoms with Gasteiger partial charge < -0.3 is 15.9 Å². The lowest BCUT2D eigenvalue weighted by molar-refractivity contribution is 0.0697. The summed E-state index contributed by atoms with van der Waals surface area (Å²) in [7, 11) is 0. The first-order valence-electron chi connectivity index (χ1n) is 6.97. The number of benzene rings is 2. The summed E-state index contributed by atoms with van der Waals surface area (Å²) in [6.45, 7) is 0.527. The van der Waals surface area contributed by atoms with E-state index in [2.05, 4.69) is 0 Å². The van der Waals surface area contributed by atoms with Crippen LogP contribution in [0.5, 0.6) is 0 Å². The summed E-state index contributed by atoms with van der Waals surface area (Å²) < 4.78 is 0. The Kier molecular flexibility index (Phi) is 6.00. The zero-order valence-corrected chi connectivity index (χ0v) is 12.9. The number of carbonyl (C=O) groups is 1. The van der Waals surface area contributed by atoms with Crippen molar-refractivity contribution in [2.75, 3.05) is 6.54 Å². The average Bonchev–Trinajstić information content (AvgIpc) is 2.56. The molecule has 0 heterocycles. The van der Waals surface area contributed by atoms with Gasteiger partial charge in [0.25, 0.3) is 0 Å². The van der Waals surface area contributed by atoms with Crippen molar-refractivity contribution in [3.8, 4) is 0 Å².